The van der Waals surface area contributed by atoms with Crippen LogP contribution in [0.25, 0.3) is 0 Å². The molecule has 3 heteroatoms. The van der Waals surface area contributed by atoms with E-state index in [0.29, 0.717) is 0 Å². The molecular weight excluding hydrogens is 212 g/mol. The Morgan fingerprint density at radius 2 is 2.00 bits per heavy atom. The molecule has 0 radical (unpaired) electrons. The number of carbonyl (C=O) groups excluding carboxylic acids is 1. The predicted molar refractivity (Wildman–Crippen MR) is 69.3 cm³/mol. The molecule has 0 saturated carbocycles. The topological polar surface area (TPSA) is 32.3 Å². The zero-order chi connectivity index (χ0) is 12.4. The quantitative estimate of drug-likeness (QED) is 0.800. The number of rotatable bonds is 1. The molecule has 3 nitrogen and oxygen atoms in total. The summed E-state index contributed by atoms with van der Waals surface area (Å²) in [6.07, 6.45) is 0. The van der Waals surface area contributed by atoms with Crippen molar-refractivity contribution in [3.05, 3.63) is 34.9 Å². The van der Waals surface area contributed by atoms with Gasteiger partial charge in [-0.05, 0) is 31.9 Å². The lowest BCUT2D eigenvalue weighted by molar-refractivity contribution is 0.0654. The van der Waals surface area contributed by atoms with Gasteiger partial charge in [0.1, 0.15) is 0 Å². The number of nitrogens with zero attached hydrogens (tertiary/aromatic N) is 1. The van der Waals surface area contributed by atoms with Crippen LogP contribution in [0.1, 0.15) is 28.4 Å². The van der Waals surface area contributed by atoms with Crippen LogP contribution in [0.3, 0.4) is 0 Å². The number of benzene rings is 1. The van der Waals surface area contributed by atoms with Gasteiger partial charge in [-0.15, -0.1) is 0 Å². The van der Waals surface area contributed by atoms with Crippen LogP contribution in [0.15, 0.2) is 18.2 Å². The molecule has 2 rings (SSSR count). The Morgan fingerprint density at radius 3 is 2.59 bits per heavy atom. The van der Waals surface area contributed by atoms with Crippen LogP contribution in [0.4, 0.5) is 0 Å². The second kappa shape index (κ2) is 4.88. The lowest BCUT2D eigenvalue weighted by Gasteiger charge is -2.34. The zero-order valence-electron chi connectivity index (χ0n) is 10.8. The third-order valence-corrected chi connectivity index (χ3v) is 3.46. The molecule has 0 aromatic heterocycles. The van der Waals surface area contributed by atoms with Gasteiger partial charge in [-0.25, -0.2) is 0 Å². The first kappa shape index (κ1) is 12.1. The van der Waals surface area contributed by atoms with E-state index in [1.807, 2.05) is 36.9 Å². The van der Waals surface area contributed by atoms with E-state index < -0.39 is 0 Å². The Bertz CT molecular complexity index is 408. The molecule has 17 heavy (non-hydrogen) atoms. The number of hydrogen-bond acceptors (Lipinski definition) is 2. The molecule has 1 heterocycles. The number of aryl methyl sites for hydroxylation is 2. The summed E-state index contributed by atoms with van der Waals surface area (Å²) in [5, 5.41) is 3.31. The van der Waals surface area contributed by atoms with Crippen LogP contribution >= 0.6 is 0 Å². The first-order valence-corrected chi connectivity index (χ1v) is 6.19. The van der Waals surface area contributed by atoms with Gasteiger partial charge in [-0.2, -0.15) is 0 Å². The maximum atomic E-state index is 12.5. The van der Waals surface area contributed by atoms with E-state index in [-0.39, 0.29) is 11.9 Å². The second-order valence-electron chi connectivity index (χ2n) is 4.82. The first-order valence-electron chi connectivity index (χ1n) is 6.19. The van der Waals surface area contributed by atoms with Crippen molar-refractivity contribution in [1.82, 2.24) is 10.2 Å². The highest BCUT2D eigenvalue weighted by Crippen LogP contribution is 2.17. The molecule has 1 aliphatic heterocycles. The summed E-state index contributed by atoms with van der Waals surface area (Å²) in [5.74, 6) is 0.176. The molecule has 1 aromatic rings. The molecule has 0 spiro atoms. The van der Waals surface area contributed by atoms with E-state index >= 15 is 0 Å². The van der Waals surface area contributed by atoms with Crippen molar-refractivity contribution in [2.24, 2.45) is 0 Å². The van der Waals surface area contributed by atoms with Gasteiger partial charge in [-0.1, -0.05) is 18.2 Å². The molecule has 0 aliphatic carbocycles. The third-order valence-electron chi connectivity index (χ3n) is 3.46. The summed E-state index contributed by atoms with van der Waals surface area (Å²) in [4.78, 5) is 14.5. The molecule has 1 atom stereocenters. The Hall–Kier alpha value is -1.35. The Morgan fingerprint density at radius 1 is 1.35 bits per heavy atom. The minimum atomic E-state index is 0.176. The van der Waals surface area contributed by atoms with Crippen molar-refractivity contribution in [1.29, 1.82) is 0 Å². The predicted octanol–water partition coefficient (Wildman–Crippen LogP) is 1.74. The average Bonchev–Trinajstić information content (AvgIpc) is 2.29. The monoisotopic (exact) mass is 232 g/mol. The number of nitrogens with one attached hydrogen (secondary N) is 1. The van der Waals surface area contributed by atoms with Crippen molar-refractivity contribution in [2.75, 3.05) is 19.6 Å². The summed E-state index contributed by atoms with van der Waals surface area (Å²) in [5.41, 5.74) is 3.02. The Labute approximate surface area is 103 Å². The van der Waals surface area contributed by atoms with Crippen LogP contribution in [0, 0.1) is 13.8 Å². The van der Waals surface area contributed by atoms with E-state index in [2.05, 4.69) is 12.2 Å². The molecule has 1 saturated heterocycles. The van der Waals surface area contributed by atoms with E-state index in [9.17, 15) is 4.79 Å². The van der Waals surface area contributed by atoms with Gasteiger partial charge in [0.2, 0.25) is 0 Å². The van der Waals surface area contributed by atoms with E-state index in [1.54, 1.807) is 0 Å². The van der Waals surface area contributed by atoms with Crippen LogP contribution in [0.5, 0.6) is 0 Å². The molecule has 1 aliphatic rings. The summed E-state index contributed by atoms with van der Waals surface area (Å²) in [6, 6.07) is 6.29. The van der Waals surface area contributed by atoms with Gasteiger partial charge < -0.3 is 10.2 Å². The van der Waals surface area contributed by atoms with Crippen LogP contribution in [0.2, 0.25) is 0 Å². The van der Waals surface area contributed by atoms with Gasteiger partial charge in [0.15, 0.2) is 0 Å². The minimum absolute atomic E-state index is 0.176. The molecule has 92 valence electrons. The molecule has 1 aromatic carbocycles. The fourth-order valence-electron chi connectivity index (χ4n) is 2.44. The summed E-state index contributed by atoms with van der Waals surface area (Å²) >= 11 is 0. The van der Waals surface area contributed by atoms with E-state index in [1.165, 1.54) is 0 Å². The van der Waals surface area contributed by atoms with Gasteiger partial charge in [0.25, 0.3) is 5.91 Å². The summed E-state index contributed by atoms with van der Waals surface area (Å²) in [6.45, 7) is 8.68. The number of carbonyl (C=O) groups is 1. The van der Waals surface area contributed by atoms with Gasteiger partial charge in [0.05, 0.1) is 0 Å². The first-order chi connectivity index (χ1) is 8.11. The fourth-order valence-corrected chi connectivity index (χ4v) is 2.44. The molecular formula is C14H20N2O. The van der Waals surface area contributed by atoms with E-state index in [4.69, 9.17) is 0 Å². The van der Waals surface area contributed by atoms with Crippen LogP contribution in [-0.4, -0.2) is 36.5 Å². The molecule has 1 amide bonds. The Balaban J connectivity index is 2.30. The fraction of sp³-hybridized carbons (Fsp3) is 0.500. The van der Waals surface area contributed by atoms with Crippen molar-refractivity contribution in [2.45, 2.75) is 26.8 Å². The number of hydrogen-bond donors (Lipinski definition) is 1. The lowest BCUT2D eigenvalue weighted by atomic mass is 10.0. The van der Waals surface area contributed by atoms with E-state index in [0.717, 1.165) is 36.3 Å². The third kappa shape index (κ3) is 2.34. The Kier molecular flexibility index (Phi) is 3.48. The zero-order valence-corrected chi connectivity index (χ0v) is 10.8. The largest absolute Gasteiger partial charge is 0.333 e. The normalized spacial score (nSPS) is 20.4. The highest BCUT2D eigenvalue weighted by molar-refractivity contribution is 5.97. The standard InChI is InChI=1S/C14H20N2O/c1-10-5-4-6-11(2)13(10)14(17)16-8-7-15-9-12(16)3/h4-6,12,15H,7-9H2,1-3H3/t12-/m0/s1. The SMILES string of the molecule is Cc1cccc(C)c1C(=O)N1CCNC[C@@H]1C. The molecule has 0 bridgehead atoms. The highest BCUT2D eigenvalue weighted by Gasteiger charge is 2.25. The van der Waals surface area contributed by atoms with Gasteiger partial charge in [-0.3, -0.25) is 4.79 Å². The maximum Gasteiger partial charge on any atom is 0.254 e. The second-order valence-corrected chi connectivity index (χ2v) is 4.82. The summed E-state index contributed by atoms with van der Waals surface area (Å²) < 4.78 is 0. The average molecular weight is 232 g/mol. The number of piperazine rings is 1. The molecule has 0 unspecified atom stereocenters. The van der Waals surface area contributed by atoms with Crippen molar-refractivity contribution >= 4 is 5.91 Å². The van der Waals surface area contributed by atoms with Gasteiger partial charge >= 0.3 is 0 Å². The van der Waals surface area contributed by atoms with Crippen molar-refractivity contribution < 1.29 is 4.79 Å². The van der Waals surface area contributed by atoms with Gasteiger partial charge in [0, 0.05) is 31.2 Å². The molecule has 1 fully saturated rings. The minimum Gasteiger partial charge on any atom is -0.333 e. The maximum absolute atomic E-state index is 12.5. The lowest BCUT2D eigenvalue weighted by Crippen LogP contribution is -2.52. The number of amides is 1. The van der Waals surface area contributed by atoms with Crippen LogP contribution < -0.4 is 5.32 Å². The summed E-state index contributed by atoms with van der Waals surface area (Å²) in [7, 11) is 0. The van der Waals surface area contributed by atoms with Crippen LogP contribution in [-0.2, 0) is 0 Å². The van der Waals surface area contributed by atoms with Crippen molar-refractivity contribution in [3.8, 4) is 0 Å². The van der Waals surface area contributed by atoms with Crippen molar-refractivity contribution in [3.63, 3.8) is 0 Å². The molecule has 1 N–H and O–H groups in total. The smallest absolute Gasteiger partial charge is 0.254 e. The highest BCUT2D eigenvalue weighted by atomic mass is 16.2.